The van der Waals surface area contributed by atoms with E-state index in [9.17, 15) is 13.6 Å². The van der Waals surface area contributed by atoms with Gasteiger partial charge in [-0.1, -0.05) is 30.3 Å². The van der Waals surface area contributed by atoms with Crippen molar-refractivity contribution >= 4 is 22.5 Å². The molecule has 0 bridgehead atoms. The van der Waals surface area contributed by atoms with E-state index in [0.29, 0.717) is 28.0 Å². The van der Waals surface area contributed by atoms with Gasteiger partial charge in [0.2, 0.25) is 0 Å². The van der Waals surface area contributed by atoms with Gasteiger partial charge in [-0.05, 0) is 42.0 Å². The fraction of sp³-hybridized carbons (Fsp3) is 0.0909. The molecule has 2 N–H and O–H groups in total. The van der Waals surface area contributed by atoms with Crippen molar-refractivity contribution in [3.05, 3.63) is 72.4 Å². The average molecular weight is 409 g/mol. The number of amides is 1. The summed E-state index contributed by atoms with van der Waals surface area (Å²) in [7, 11) is 1.54. The molecule has 0 aliphatic carbocycles. The average Bonchev–Trinajstić information content (AvgIpc) is 3.19. The van der Waals surface area contributed by atoms with Crippen LogP contribution in [-0.2, 0) is 0 Å². The van der Waals surface area contributed by atoms with E-state index < -0.39 is 12.5 Å². The van der Waals surface area contributed by atoms with Gasteiger partial charge in [0.1, 0.15) is 11.5 Å². The number of aromatic nitrogens is 2. The summed E-state index contributed by atoms with van der Waals surface area (Å²) in [5.41, 5.74) is 2.43. The first-order chi connectivity index (χ1) is 14.5. The SMILES string of the molecule is COc1ccc(-c2cc(NC(=O)c3n[nH]c4ccccc34)ccc2OC(F)F)cc1. The molecule has 3 aromatic carbocycles. The molecule has 4 rings (SSSR count). The molecule has 0 aliphatic heterocycles. The molecule has 0 fully saturated rings. The van der Waals surface area contributed by atoms with Gasteiger partial charge in [0.05, 0.1) is 12.6 Å². The molecule has 0 radical (unpaired) electrons. The van der Waals surface area contributed by atoms with Crippen molar-refractivity contribution in [3.63, 3.8) is 0 Å². The lowest BCUT2D eigenvalue weighted by Gasteiger charge is -2.14. The number of carbonyl (C=O) groups excluding carboxylic acids is 1. The highest BCUT2D eigenvalue weighted by Crippen LogP contribution is 2.35. The lowest BCUT2D eigenvalue weighted by molar-refractivity contribution is -0.0494. The number of rotatable bonds is 6. The van der Waals surface area contributed by atoms with E-state index in [1.54, 1.807) is 36.4 Å². The zero-order chi connectivity index (χ0) is 21.1. The number of para-hydroxylation sites is 1. The molecular formula is C22H17F2N3O3. The number of H-pyrrole nitrogens is 1. The van der Waals surface area contributed by atoms with E-state index in [-0.39, 0.29) is 11.4 Å². The van der Waals surface area contributed by atoms with Gasteiger partial charge in [0.25, 0.3) is 5.91 Å². The number of nitrogens with one attached hydrogen (secondary N) is 2. The smallest absolute Gasteiger partial charge is 0.387 e. The maximum absolute atomic E-state index is 12.9. The zero-order valence-corrected chi connectivity index (χ0v) is 15.9. The number of alkyl halides is 2. The molecule has 152 valence electrons. The summed E-state index contributed by atoms with van der Waals surface area (Å²) in [4.78, 5) is 12.7. The molecule has 0 spiro atoms. The monoisotopic (exact) mass is 409 g/mol. The van der Waals surface area contributed by atoms with Gasteiger partial charge in [-0.3, -0.25) is 9.89 Å². The number of halogens is 2. The predicted octanol–water partition coefficient (Wildman–Crippen LogP) is 5.09. The summed E-state index contributed by atoms with van der Waals surface area (Å²) in [6.45, 7) is -2.97. The van der Waals surface area contributed by atoms with E-state index >= 15 is 0 Å². The summed E-state index contributed by atoms with van der Waals surface area (Å²) >= 11 is 0. The Balaban J connectivity index is 1.67. The van der Waals surface area contributed by atoms with Crippen LogP contribution < -0.4 is 14.8 Å². The number of nitrogens with zero attached hydrogens (tertiary/aromatic N) is 1. The van der Waals surface area contributed by atoms with E-state index in [1.807, 2.05) is 18.2 Å². The van der Waals surface area contributed by atoms with Gasteiger partial charge in [0.15, 0.2) is 5.69 Å². The van der Waals surface area contributed by atoms with Crippen molar-refractivity contribution in [2.24, 2.45) is 0 Å². The molecule has 1 heterocycles. The van der Waals surface area contributed by atoms with Crippen LogP contribution in [0.4, 0.5) is 14.5 Å². The van der Waals surface area contributed by atoms with Crippen LogP contribution >= 0.6 is 0 Å². The molecule has 0 saturated carbocycles. The lowest BCUT2D eigenvalue weighted by atomic mass is 10.0. The first-order valence-electron chi connectivity index (χ1n) is 9.03. The van der Waals surface area contributed by atoms with E-state index in [0.717, 1.165) is 5.52 Å². The summed E-state index contributed by atoms with van der Waals surface area (Å²) in [6.07, 6.45) is 0. The molecule has 0 unspecified atom stereocenters. The van der Waals surface area contributed by atoms with Gasteiger partial charge < -0.3 is 14.8 Å². The normalized spacial score (nSPS) is 10.9. The number of hydrogen-bond donors (Lipinski definition) is 2. The highest BCUT2D eigenvalue weighted by atomic mass is 19.3. The maximum Gasteiger partial charge on any atom is 0.387 e. The van der Waals surface area contributed by atoms with Gasteiger partial charge in [-0.15, -0.1) is 0 Å². The molecule has 8 heteroatoms. The Morgan fingerprint density at radius 2 is 1.83 bits per heavy atom. The molecule has 1 aromatic heterocycles. The van der Waals surface area contributed by atoms with Crippen molar-refractivity contribution in [2.45, 2.75) is 6.61 Å². The second-order valence-corrected chi connectivity index (χ2v) is 6.39. The van der Waals surface area contributed by atoms with Crippen LogP contribution in [0.3, 0.4) is 0 Å². The first-order valence-corrected chi connectivity index (χ1v) is 9.03. The summed E-state index contributed by atoms with van der Waals surface area (Å²) in [5.74, 6) is 0.207. The molecule has 6 nitrogen and oxygen atoms in total. The number of anilines is 1. The minimum absolute atomic E-state index is 0.00150. The minimum atomic E-state index is -2.97. The van der Waals surface area contributed by atoms with Crippen molar-refractivity contribution in [1.82, 2.24) is 10.2 Å². The number of hydrogen-bond acceptors (Lipinski definition) is 4. The quantitative estimate of drug-likeness (QED) is 0.465. The van der Waals surface area contributed by atoms with E-state index in [2.05, 4.69) is 20.3 Å². The van der Waals surface area contributed by atoms with Crippen LogP contribution in [0, 0.1) is 0 Å². The van der Waals surface area contributed by atoms with Crippen LogP contribution in [0.25, 0.3) is 22.0 Å². The molecule has 1 amide bonds. The highest BCUT2D eigenvalue weighted by molar-refractivity contribution is 6.11. The molecule has 0 atom stereocenters. The van der Waals surface area contributed by atoms with Gasteiger partial charge in [-0.25, -0.2) is 0 Å². The summed E-state index contributed by atoms with van der Waals surface area (Å²) < 4.78 is 35.5. The molecule has 4 aromatic rings. The van der Waals surface area contributed by atoms with Crippen molar-refractivity contribution in [3.8, 4) is 22.6 Å². The number of ether oxygens (including phenoxy) is 2. The first kappa shape index (κ1) is 19.4. The van der Waals surface area contributed by atoms with Crippen molar-refractivity contribution in [2.75, 3.05) is 12.4 Å². The Morgan fingerprint density at radius 1 is 1.07 bits per heavy atom. The van der Waals surface area contributed by atoms with Gasteiger partial charge in [-0.2, -0.15) is 13.9 Å². The third kappa shape index (κ3) is 3.93. The van der Waals surface area contributed by atoms with Crippen LogP contribution in [0.5, 0.6) is 11.5 Å². The Morgan fingerprint density at radius 3 is 2.57 bits per heavy atom. The number of fused-ring (bicyclic) bond motifs is 1. The van der Waals surface area contributed by atoms with Gasteiger partial charge >= 0.3 is 6.61 Å². The van der Waals surface area contributed by atoms with E-state index in [4.69, 9.17) is 4.74 Å². The topological polar surface area (TPSA) is 76.2 Å². The fourth-order valence-corrected chi connectivity index (χ4v) is 3.13. The Kier molecular flexibility index (Phi) is 5.30. The number of methoxy groups -OCH3 is 1. The van der Waals surface area contributed by atoms with E-state index in [1.165, 1.54) is 19.2 Å². The van der Waals surface area contributed by atoms with Crippen molar-refractivity contribution in [1.29, 1.82) is 0 Å². The molecule has 0 saturated heterocycles. The summed E-state index contributed by atoms with van der Waals surface area (Å²) in [6, 6.07) is 18.6. The lowest BCUT2D eigenvalue weighted by Crippen LogP contribution is -2.13. The Bertz CT molecular complexity index is 1190. The maximum atomic E-state index is 12.9. The largest absolute Gasteiger partial charge is 0.497 e. The summed E-state index contributed by atoms with van der Waals surface area (Å²) in [5, 5.41) is 10.3. The van der Waals surface area contributed by atoms with Crippen LogP contribution in [0.2, 0.25) is 0 Å². The van der Waals surface area contributed by atoms with Crippen LogP contribution in [-0.4, -0.2) is 29.8 Å². The zero-order valence-electron chi connectivity index (χ0n) is 15.9. The minimum Gasteiger partial charge on any atom is -0.497 e. The van der Waals surface area contributed by atoms with Gasteiger partial charge in [0, 0.05) is 16.6 Å². The third-order valence-electron chi connectivity index (χ3n) is 4.54. The van der Waals surface area contributed by atoms with Crippen LogP contribution in [0.15, 0.2) is 66.7 Å². The van der Waals surface area contributed by atoms with Crippen LogP contribution in [0.1, 0.15) is 10.5 Å². The third-order valence-corrected chi connectivity index (χ3v) is 4.54. The molecule has 30 heavy (non-hydrogen) atoms. The predicted molar refractivity (Wildman–Crippen MR) is 109 cm³/mol. The Hall–Kier alpha value is -3.94. The number of benzene rings is 3. The fourth-order valence-electron chi connectivity index (χ4n) is 3.13. The van der Waals surface area contributed by atoms with Crippen molar-refractivity contribution < 1.29 is 23.0 Å². The second kappa shape index (κ2) is 8.20. The molecule has 0 aliphatic rings. The standard InChI is InChI=1S/C22H17F2N3O3/c1-29-15-9-6-13(7-10-15)17-12-14(8-11-19(17)30-22(23)24)25-21(28)20-16-4-2-3-5-18(16)26-27-20/h2-12,22H,1H3,(H,25,28)(H,26,27). The highest BCUT2D eigenvalue weighted by Gasteiger charge is 2.17. The Labute approximate surface area is 170 Å². The molecular weight excluding hydrogens is 392 g/mol. The number of carbonyl (C=O) groups is 1. The second-order valence-electron chi connectivity index (χ2n) is 6.39. The number of aromatic amines is 1.